The number of para-hydroxylation sites is 6. The van der Waals surface area contributed by atoms with Crippen molar-refractivity contribution in [2.45, 2.75) is 0 Å². The number of aromatic nitrogens is 1. The third-order valence-corrected chi connectivity index (χ3v) is 13.2. The second-order valence-corrected chi connectivity index (χ2v) is 16.8. The molecule has 3 heteroatoms. The van der Waals surface area contributed by atoms with E-state index < -0.39 is 0 Å². The molecule has 0 aliphatic carbocycles. The Balaban J connectivity index is 0.959. The predicted molar refractivity (Wildman–Crippen MR) is 274 cm³/mol. The van der Waals surface area contributed by atoms with E-state index in [0.717, 1.165) is 72.5 Å². The molecular formula is C62H40N2O. The lowest BCUT2D eigenvalue weighted by Crippen LogP contribution is -2.12. The molecule has 304 valence electrons. The topological polar surface area (TPSA) is 21.3 Å². The highest BCUT2D eigenvalue weighted by Gasteiger charge is 2.22. The summed E-state index contributed by atoms with van der Waals surface area (Å²) in [7, 11) is 0. The average Bonchev–Trinajstić information content (AvgIpc) is 3.93. The van der Waals surface area contributed by atoms with Gasteiger partial charge in [0.05, 0.1) is 28.1 Å². The van der Waals surface area contributed by atoms with Crippen LogP contribution in [0.1, 0.15) is 0 Å². The maximum absolute atomic E-state index is 6.49. The van der Waals surface area contributed by atoms with Gasteiger partial charge in [-0.2, -0.15) is 0 Å². The number of anilines is 3. The molecule has 2 heterocycles. The zero-order valence-corrected chi connectivity index (χ0v) is 35.4. The molecule has 0 amide bonds. The smallest absolute Gasteiger partial charge is 0.143 e. The molecule has 13 rings (SSSR count). The van der Waals surface area contributed by atoms with Crippen LogP contribution in [0.5, 0.6) is 0 Å². The van der Waals surface area contributed by atoms with Crippen molar-refractivity contribution in [3.05, 3.63) is 243 Å². The maximum atomic E-state index is 6.49. The molecule has 65 heavy (non-hydrogen) atoms. The molecule has 0 aliphatic rings. The van der Waals surface area contributed by atoms with Gasteiger partial charge in [0.25, 0.3) is 0 Å². The third kappa shape index (κ3) is 5.97. The van der Waals surface area contributed by atoms with E-state index in [2.05, 4.69) is 240 Å². The van der Waals surface area contributed by atoms with Crippen LogP contribution in [-0.2, 0) is 0 Å². The Morgan fingerprint density at radius 3 is 1.62 bits per heavy atom. The third-order valence-electron chi connectivity index (χ3n) is 13.2. The van der Waals surface area contributed by atoms with E-state index in [1.54, 1.807) is 0 Å². The number of rotatable bonds is 7. The van der Waals surface area contributed by atoms with Crippen molar-refractivity contribution < 1.29 is 4.42 Å². The molecule has 0 spiro atoms. The molecule has 0 saturated heterocycles. The van der Waals surface area contributed by atoms with Crippen LogP contribution in [0.4, 0.5) is 17.1 Å². The molecule has 0 unspecified atom stereocenters. The van der Waals surface area contributed by atoms with E-state index in [-0.39, 0.29) is 0 Å². The van der Waals surface area contributed by atoms with E-state index in [4.69, 9.17) is 4.42 Å². The van der Waals surface area contributed by atoms with E-state index in [1.165, 1.54) is 48.9 Å². The standard InChI is InChI=1S/C62H40N2O/c1-2-19-49-41(15-1)35-36-45-16-13-29-59(61(45)49)63(46-39-37-44(38-40-46)50-23-14-24-54-53-22-7-12-30-60(53)65-62(50)54)55-25-8-3-17-47(55)42-31-33-43(34-32-42)48-18-4-9-26-56(48)64-57-27-10-5-20-51(57)52-21-6-11-28-58(52)64/h1-40H. The lowest BCUT2D eigenvalue weighted by Gasteiger charge is -2.29. The van der Waals surface area contributed by atoms with Gasteiger partial charge in [-0.15, -0.1) is 0 Å². The molecule has 0 radical (unpaired) electrons. The Labute approximate surface area is 376 Å². The SMILES string of the molecule is c1ccc(N(c2ccc(-c3cccc4c3oc3ccccc34)cc2)c2cccc3ccc4ccccc4c23)c(-c2ccc(-c3ccccc3-n3c4ccccc4c4ccccc43)cc2)c1. The van der Waals surface area contributed by atoms with Gasteiger partial charge in [-0.3, -0.25) is 0 Å². The van der Waals surface area contributed by atoms with Crippen LogP contribution in [-0.4, -0.2) is 4.57 Å². The number of hydrogen-bond donors (Lipinski definition) is 0. The van der Waals surface area contributed by atoms with E-state index >= 15 is 0 Å². The fourth-order valence-electron chi connectivity index (χ4n) is 10.2. The Morgan fingerprint density at radius 2 is 0.831 bits per heavy atom. The van der Waals surface area contributed by atoms with Crippen molar-refractivity contribution in [2.24, 2.45) is 0 Å². The Kier molecular flexibility index (Phi) is 8.53. The zero-order valence-electron chi connectivity index (χ0n) is 35.4. The van der Waals surface area contributed by atoms with Crippen LogP contribution in [0, 0.1) is 0 Å². The molecule has 2 aromatic heterocycles. The van der Waals surface area contributed by atoms with Crippen LogP contribution < -0.4 is 4.90 Å². The van der Waals surface area contributed by atoms with Crippen molar-refractivity contribution >= 4 is 82.4 Å². The molecule has 0 saturated carbocycles. The molecule has 0 N–H and O–H groups in total. The first-order valence-corrected chi connectivity index (χ1v) is 22.3. The Morgan fingerprint density at radius 1 is 0.323 bits per heavy atom. The molecule has 11 aromatic carbocycles. The van der Waals surface area contributed by atoms with Crippen molar-refractivity contribution in [2.75, 3.05) is 4.90 Å². The quantitative estimate of drug-likeness (QED) is 0.149. The normalized spacial score (nSPS) is 11.7. The van der Waals surface area contributed by atoms with Crippen LogP contribution in [0.3, 0.4) is 0 Å². The van der Waals surface area contributed by atoms with Crippen LogP contribution in [0.2, 0.25) is 0 Å². The van der Waals surface area contributed by atoms with Gasteiger partial charge in [0, 0.05) is 49.3 Å². The second-order valence-electron chi connectivity index (χ2n) is 16.8. The van der Waals surface area contributed by atoms with Gasteiger partial charge < -0.3 is 13.9 Å². The lowest BCUT2D eigenvalue weighted by molar-refractivity contribution is 0.670. The highest BCUT2D eigenvalue weighted by molar-refractivity contribution is 6.16. The van der Waals surface area contributed by atoms with Gasteiger partial charge in [0.1, 0.15) is 11.2 Å². The summed E-state index contributed by atoms with van der Waals surface area (Å²) in [5.74, 6) is 0. The predicted octanol–water partition coefficient (Wildman–Crippen LogP) is 17.5. The fraction of sp³-hybridized carbons (Fsp3) is 0. The molecule has 0 atom stereocenters. The molecule has 13 aromatic rings. The highest BCUT2D eigenvalue weighted by atomic mass is 16.3. The number of hydrogen-bond acceptors (Lipinski definition) is 2. The monoisotopic (exact) mass is 828 g/mol. The first-order chi connectivity index (χ1) is 32.3. The summed E-state index contributed by atoms with van der Waals surface area (Å²) in [6.45, 7) is 0. The van der Waals surface area contributed by atoms with E-state index in [0.29, 0.717) is 0 Å². The fourth-order valence-corrected chi connectivity index (χ4v) is 10.2. The van der Waals surface area contributed by atoms with Crippen molar-refractivity contribution in [1.82, 2.24) is 4.57 Å². The number of benzene rings is 11. The summed E-state index contributed by atoms with van der Waals surface area (Å²) < 4.78 is 8.91. The van der Waals surface area contributed by atoms with Gasteiger partial charge in [-0.25, -0.2) is 0 Å². The summed E-state index contributed by atoms with van der Waals surface area (Å²) in [4.78, 5) is 2.45. The Hall–Kier alpha value is -8.66. The maximum Gasteiger partial charge on any atom is 0.143 e. The highest BCUT2D eigenvalue weighted by Crippen LogP contribution is 2.46. The summed E-state index contributed by atoms with van der Waals surface area (Å²) in [6.07, 6.45) is 0. The largest absolute Gasteiger partial charge is 0.455 e. The average molecular weight is 829 g/mol. The lowest BCUT2D eigenvalue weighted by atomic mass is 9.96. The minimum Gasteiger partial charge on any atom is -0.455 e. The van der Waals surface area contributed by atoms with Crippen molar-refractivity contribution in [3.8, 4) is 39.1 Å². The minimum absolute atomic E-state index is 0.901. The summed E-state index contributed by atoms with van der Waals surface area (Å²) >= 11 is 0. The van der Waals surface area contributed by atoms with Crippen LogP contribution in [0.15, 0.2) is 247 Å². The van der Waals surface area contributed by atoms with Crippen LogP contribution >= 0.6 is 0 Å². The number of furan rings is 1. The Bertz CT molecular complexity index is 3900. The first kappa shape index (κ1) is 36.9. The minimum atomic E-state index is 0.901. The molecule has 0 bridgehead atoms. The summed E-state index contributed by atoms with van der Waals surface area (Å²) in [6, 6.07) is 87.7. The molecule has 0 fully saturated rings. The van der Waals surface area contributed by atoms with Gasteiger partial charge in [-0.05, 0) is 81.4 Å². The first-order valence-electron chi connectivity index (χ1n) is 22.3. The summed E-state index contributed by atoms with van der Waals surface area (Å²) in [5.41, 5.74) is 15.5. The zero-order chi connectivity index (χ0) is 42.8. The van der Waals surface area contributed by atoms with E-state index in [1.807, 2.05) is 12.1 Å². The van der Waals surface area contributed by atoms with Gasteiger partial charge in [0.15, 0.2) is 0 Å². The second kappa shape index (κ2) is 15.0. The number of nitrogens with zero attached hydrogens (tertiary/aromatic N) is 2. The molecule has 0 aliphatic heterocycles. The van der Waals surface area contributed by atoms with Gasteiger partial charge in [-0.1, -0.05) is 194 Å². The van der Waals surface area contributed by atoms with Crippen molar-refractivity contribution in [3.63, 3.8) is 0 Å². The van der Waals surface area contributed by atoms with Crippen molar-refractivity contribution in [1.29, 1.82) is 0 Å². The molecule has 3 nitrogen and oxygen atoms in total. The van der Waals surface area contributed by atoms with Crippen LogP contribution in [0.25, 0.3) is 104 Å². The van der Waals surface area contributed by atoms with E-state index in [9.17, 15) is 0 Å². The molecular weight excluding hydrogens is 789 g/mol. The van der Waals surface area contributed by atoms with Gasteiger partial charge in [0.2, 0.25) is 0 Å². The number of fused-ring (bicyclic) bond motifs is 9. The summed E-state index contributed by atoms with van der Waals surface area (Å²) in [5, 5.41) is 9.62. The van der Waals surface area contributed by atoms with Gasteiger partial charge >= 0.3 is 0 Å².